The highest BCUT2D eigenvalue weighted by atomic mass is 32.1. The van der Waals surface area contributed by atoms with Gasteiger partial charge in [-0.1, -0.05) is 0 Å². The van der Waals surface area contributed by atoms with Crippen LogP contribution in [0.1, 0.15) is 32.1 Å². The maximum atomic E-state index is 9.18. The van der Waals surface area contributed by atoms with Gasteiger partial charge in [-0.3, -0.25) is 0 Å². The summed E-state index contributed by atoms with van der Waals surface area (Å²) in [5.41, 5.74) is 1.03. The van der Waals surface area contributed by atoms with Crippen molar-refractivity contribution in [3.63, 3.8) is 0 Å². The Morgan fingerprint density at radius 3 is 2.85 bits per heavy atom. The van der Waals surface area contributed by atoms with Gasteiger partial charge in [0.2, 0.25) is 5.95 Å². The fourth-order valence-electron chi connectivity index (χ4n) is 4.17. The third-order valence-corrected chi connectivity index (χ3v) is 6.70. The van der Waals surface area contributed by atoms with Gasteiger partial charge in [-0.25, -0.2) is 4.98 Å². The summed E-state index contributed by atoms with van der Waals surface area (Å²) in [7, 11) is 4.31. The summed E-state index contributed by atoms with van der Waals surface area (Å²) in [4.78, 5) is 16.9. The van der Waals surface area contributed by atoms with E-state index in [1.54, 1.807) is 11.3 Å². The van der Waals surface area contributed by atoms with Gasteiger partial charge in [-0.2, -0.15) is 10.2 Å². The highest BCUT2D eigenvalue weighted by molar-refractivity contribution is 7.17. The zero-order chi connectivity index (χ0) is 18.1. The minimum Gasteiger partial charge on any atom is -0.351 e. The molecule has 0 aromatic carbocycles. The van der Waals surface area contributed by atoms with E-state index in [4.69, 9.17) is 9.97 Å². The first-order chi connectivity index (χ1) is 12.7. The molecule has 0 N–H and O–H groups in total. The van der Waals surface area contributed by atoms with E-state index < -0.39 is 0 Å². The van der Waals surface area contributed by atoms with Gasteiger partial charge in [-0.05, 0) is 57.3 Å². The van der Waals surface area contributed by atoms with Gasteiger partial charge in [0, 0.05) is 25.7 Å². The summed E-state index contributed by atoms with van der Waals surface area (Å²) in [5, 5.41) is 11.3. The Kier molecular flexibility index (Phi) is 4.96. The summed E-state index contributed by atoms with van der Waals surface area (Å²) in [6.45, 7) is 3.23. The van der Waals surface area contributed by atoms with Crippen molar-refractivity contribution in [3.05, 3.63) is 11.4 Å². The lowest BCUT2D eigenvalue weighted by atomic mass is 10.0. The molecule has 2 fully saturated rings. The van der Waals surface area contributed by atoms with Crippen LogP contribution >= 0.6 is 11.3 Å². The molecule has 0 saturated carbocycles. The number of hydrogen-bond acceptors (Lipinski definition) is 7. The Hall–Kier alpha value is -1.91. The molecule has 2 aromatic rings. The van der Waals surface area contributed by atoms with Crippen molar-refractivity contribution < 1.29 is 0 Å². The maximum Gasteiger partial charge on any atom is 0.227 e. The van der Waals surface area contributed by atoms with E-state index >= 15 is 0 Å². The van der Waals surface area contributed by atoms with Gasteiger partial charge < -0.3 is 14.7 Å². The van der Waals surface area contributed by atoms with E-state index in [2.05, 4.69) is 46.3 Å². The molecule has 138 valence electrons. The number of nitriles is 1. The summed E-state index contributed by atoms with van der Waals surface area (Å²) in [6, 6.07) is 5.21. The van der Waals surface area contributed by atoms with Crippen LogP contribution in [-0.4, -0.2) is 60.7 Å². The molecule has 0 aliphatic carbocycles. The summed E-state index contributed by atoms with van der Waals surface area (Å²) >= 11 is 1.70. The number of hydrogen-bond donors (Lipinski definition) is 0. The molecule has 2 saturated heterocycles. The minimum absolute atomic E-state index is 0.279. The lowest BCUT2D eigenvalue weighted by Crippen LogP contribution is -2.42. The fourth-order valence-corrected chi connectivity index (χ4v) is 5.00. The lowest BCUT2D eigenvalue weighted by Gasteiger charge is -2.35. The van der Waals surface area contributed by atoms with E-state index in [1.807, 2.05) is 0 Å². The average molecular weight is 371 g/mol. The van der Waals surface area contributed by atoms with Crippen LogP contribution < -0.4 is 9.80 Å². The van der Waals surface area contributed by atoms with E-state index in [0.29, 0.717) is 12.5 Å². The van der Waals surface area contributed by atoms with Crippen LogP contribution in [0.3, 0.4) is 0 Å². The number of fused-ring (bicyclic) bond motifs is 1. The van der Waals surface area contributed by atoms with Crippen molar-refractivity contribution in [3.8, 4) is 6.07 Å². The SMILES string of the molecule is CN1CCC(N(C)c2nc(N3CCC[C@H]3CC#N)c3sccc3n2)CC1. The van der Waals surface area contributed by atoms with Gasteiger partial charge in [0.15, 0.2) is 5.82 Å². The Morgan fingerprint density at radius 1 is 1.27 bits per heavy atom. The van der Waals surface area contributed by atoms with Crippen LogP contribution in [0, 0.1) is 11.3 Å². The topological polar surface area (TPSA) is 59.3 Å². The Labute approximate surface area is 159 Å². The molecule has 0 amide bonds. The second kappa shape index (κ2) is 7.37. The average Bonchev–Trinajstić information content (AvgIpc) is 3.30. The van der Waals surface area contributed by atoms with E-state index in [1.165, 1.54) is 0 Å². The molecule has 0 unspecified atom stereocenters. The molecule has 2 aliphatic heterocycles. The molecule has 0 radical (unpaired) electrons. The van der Waals surface area contributed by atoms with E-state index in [-0.39, 0.29) is 6.04 Å². The third-order valence-electron chi connectivity index (χ3n) is 5.80. The van der Waals surface area contributed by atoms with Crippen molar-refractivity contribution in [1.82, 2.24) is 14.9 Å². The van der Waals surface area contributed by atoms with Gasteiger partial charge in [0.25, 0.3) is 0 Å². The van der Waals surface area contributed by atoms with Crippen LogP contribution in [0.5, 0.6) is 0 Å². The molecular weight excluding hydrogens is 344 g/mol. The number of likely N-dealkylation sites (tertiary alicyclic amines) is 1. The molecule has 4 rings (SSSR count). The van der Waals surface area contributed by atoms with Gasteiger partial charge >= 0.3 is 0 Å². The van der Waals surface area contributed by atoms with Crippen LogP contribution in [0.15, 0.2) is 11.4 Å². The third kappa shape index (κ3) is 3.24. The highest BCUT2D eigenvalue weighted by Crippen LogP contribution is 2.36. The molecule has 26 heavy (non-hydrogen) atoms. The lowest BCUT2D eigenvalue weighted by molar-refractivity contribution is 0.252. The van der Waals surface area contributed by atoms with Gasteiger partial charge in [0.05, 0.1) is 22.7 Å². The molecule has 7 heteroatoms. The quantitative estimate of drug-likeness (QED) is 0.824. The molecule has 1 atom stereocenters. The normalized spacial score (nSPS) is 22.0. The highest BCUT2D eigenvalue weighted by Gasteiger charge is 2.29. The van der Waals surface area contributed by atoms with Crippen LogP contribution in [0.25, 0.3) is 10.2 Å². The summed E-state index contributed by atoms with van der Waals surface area (Å²) < 4.78 is 1.15. The Bertz CT molecular complexity index is 804. The minimum atomic E-state index is 0.279. The van der Waals surface area contributed by atoms with Crippen molar-refractivity contribution >= 4 is 33.3 Å². The second-order valence-corrected chi connectivity index (χ2v) is 8.40. The standard InChI is InChI=1S/C19H26N6S/c1-23-11-6-14(7-12-23)24(2)19-21-16-8-13-26-17(16)18(22-19)25-10-3-4-15(25)5-9-20/h8,13-15H,3-7,10-12H2,1-2H3/t15-/m0/s1. The molecule has 2 aromatic heterocycles. The Morgan fingerprint density at radius 2 is 2.08 bits per heavy atom. The van der Waals surface area contributed by atoms with Crippen LogP contribution in [-0.2, 0) is 0 Å². The predicted molar refractivity (Wildman–Crippen MR) is 107 cm³/mol. The van der Waals surface area contributed by atoms with Crippen molar-refractivity contribution in [1.29, 1.82) is 5.26 Å². The molecular formula is C19H26N6S. The van der Waals surface area contributed by atoms with Crippen molar-refractivity contribution in [2.24, 2.45) is 0 Å². The molecule has 6 nitrogen and oxygen atoms in total. The van der Waals surface area contributed by atoms with Crippen LogP contribution in [0.4, 0.5) is 11.8 Å². The monoisotopic (exact) mass is 370 g/mol. The number of aromatic nitrogens is 2. The van der Waals surface area contributed by atoms with Gasteiger partial charge in [-0.15, -0.1) is 11.3 Å². The smallest absolute Gasteiger partial charge is 0.227 e. The van der Waals surface area contributed by atoms with Crippen LogP contribution in [0.2, 0.25) is 0 Å². The molecule has 0 bridgehead atoms. The first kappa shape index (κ1) is 17.5. The maximum absolute atomic E-state index is 9.18. The largest absolute Gasteiger partial charge is 0.351 e. The van der Waals surface area contributed by atoms with Gasteiger partial charge in [0.1, 0.15) is 0 Å². The fraction of sp³-hybridized carbons (Fsp3) is 0.632. The van der Waals surface area contributed by atoms with E-state index in [0.717, 1.165) is 67.3 Å². The first-order valence-electron chi connectivity index (χ1n) is 9.47. The number of thiophene rings is 1. The number of piperidine rings is 1. The predicted octanol–water partition coefficient (Wildman–Crippen LogP) is 3.10. The Balaban J connectivity index is 1.67. The van der Waals surface area contributed by atoms with Crippen molar-refractivity contribution in [2.75, 3.05) is 43.5 Å². The zero-order valence-corrected chi connectivity index (χ0v) is 16.4. The van der Waals surface area contributed by atoms with E-state index in [9.17, 15) is 5.26 Å². The molecule has 0 spiro atoms. The van der Waals surface area contributed by atoms with Crippen molar-refractivity contribution in [2.45, 2.75) is 44.2 Å². The first-order valence-corrected chi connectivity index (χ1v) is 10.4. The second-order valence-electron chi connectivity index (χ2n) is 7.48. The number of nitrogens with zero attached hydrogens (tertiary/aromatic N) is 6. The number of anilines is 2. The number of rotatable bonds is 4. The summed E-state index contributed by atoms with van der Waals surface area (Å²) in [6.07, 6.45) is 5.06. The molecule has 2 aliphatic rings. The summed E-state index contributed by atoms with van der Waals surface area (Å²) in [5.74, 6) is 1.85. The zero-order valence-electron chi connectivity index (χ0n) is 15.6. The molecule has 4 heterocycles.